The summed E-state index contributed by atoms with van der Waals surface area (Å²) in [5.41, 5.74) is 6.44. The van der Waals surface area contributed by atoms with Crippen molar-refractivity contribution in [3.8, 4) is 0 Å². The molecule has 0 radical (unpaired) electrons. The Kier molecular flexibility index (Phi) is 4.64. The molecule has 0 aromatic heterocycles. The molecule has 2 heterocycles. The number of imide groups is 1. The van der Waals surface area contributed by atoms with Crippen LogP contribution in [0.4, 0.5) is 0 Å². The van der Waals surface area contributed by atoms with Crippen LogP contribution in [0, 0.1) is 0 Å². The van der Waals surface area contributed by atoms with Gasteiger partial charge >= 0.3 is 0 Å². The van der Waals surface area contributed by atoms with Crippen molar-refractivity contribution in [1.82, 2.24) is 10.2 Å². The molecule has 7 nitrogen and oxygen atoms in total. The average Bonchev–Trinajstić information content (AvgIpc) is 3.17. The highest BCUT2D eigenvalue weighted by molar-refractivity contribution is 6.22. The first-order valence-electron chi connectivity index (χ1n) is 8.14. The average molecular weight is 331 g/mol. The summed E-state index contributed by atoms with van der Waals surface area (Å²) in [5, 5.41) is 2.74. The van der Waals surface area contributed by atoms with Crippen LogP contribution in [0.3, 0.4) is 0 Å². The molecule has 1 fully saturated rings. The fourth-order valence-corrected chi connectivity index (χ4v) is 2.96. The Labute approximate surface area is 140 Å². The molecule has 1 aromatic carbocycles. The summed E-state index contributed by atoms with van der Waals surface area (Å²) in [4.78, 5) is 38.4. The molecule has 0 spiro atoms. The second kappa shape index (κ2) is 6.70. The maximum Gasteiger partial charge on any atom is 0.261 e. The Bertz CT molecular complexity index is 682. The number of carbonyl (C=O) groups is 3. The lowest BCUT2D eigenvalue weighted by Gasteiger charge is -2.17. The molecule has 3 rings (SSSR count). The topological polar surface area (TPSA) is 102 Å². The molecular formula is C17H21N3O4. The molecule has 2 atom stereocenters. The van der Waals surface area contributed by atoms with Gasteiger partial charge in [-0.05, 0) is 38.0 Å². The van der Waals surface area contributed by atoms with Crippen LogP contribution < -0.4 is 11.1 Å². The lowest BCUT2D eigenvalue weighted by atomic mass is 10.1. The minimum absolute atomic E-state index is 0.0969. The quantitative estimate of drug-likeness (QED) is 0.767. The van der Waals surface area contributed by atoms with Gasteiger partial charge in [0.25, 0.3) is 17.7 Å². The number of nitrogens with two attached hydrogens (primary N) is 1. The summed E-state index contributed by atoms with van der Waals surface area (Å²) in [6.07, 6.45) is 1.69. The van der Waals surface area contributed by atoms with E-state index in [2.05, 4.69) is 5.32 Å². The lowest BCUT2D eigenvalue weighted by Crippen LogP contribution is -2.37. The Morgan fingerprint density at radius 2 is 2.12 bits per heavy atom. The van der Waals surface area contributed by atoms with Crippen LogP contribution in [0.5, 0.6) is 0 Å². The van der Waals surface area contributed by atoms with E-state index in [1.807, 2.05) is 0 Å². The van der Waals surface area contributed by atoms with Gasteiger partial charge in [0.15, 0.2) is 0 Å². The van der Waals surface area contributed by atoms with Crippen molar-refractivity contribution in [2.45, 2.75) is 31.9 Å². The highest BCUT2D eigenvalue weighted by atomic mass is 16.5. The second-order valence-electron chi connectivity index (χ2n) is 6.23. The van der Waals surface area contributed by atoms with Gasteiger partial charge in [0.2, 0.25) is 0 Å². The van der Waals surface area contributed by atoms with Gasteiger partial charge in [0.05, 0.1) is 23.8 Å². The minimum Gasteiger partial charge on any atom is -0.376 e. The van der Waals surface area contributed by atoms with Crippen molar-refractivity contribution in [1.29, 1.82) is 0 Å². The number of ether oxygens (including phenoxy) is 1. The second-order valence-corrected chi connectivity index (χ2v) is 6.23. The zero-order valence-corrected chi connectivity index (χ0v) is 13.6. The monoisotopic (exact) mass is 331 g/mol. The van der Waals surface area contributed by atoms with Crippen LogP contribution in [0.15, 0.2) is 18.2 Å². The number of hydrogen-bond acceptors (Lipinski definition) is 5. The number of fused-ring (bicyclic) bond motifs is 1. The Morgan fingerprint density at radius 3 is 2.79 bits per heavy atom. The summed E-state index contributed by atoms with van der Waals surface area (Å²) in [6, 6.07) is 4.40. The predicted molar refractivity (Wildman–Crippen MR) is 86.8 cm³/mol. The van der Waals surface area contributed by atoms with Crippen LogP contribution in [0.1, 0.15) is 50.8 Å². The zero-order chi connectivity index (χ0) is 17.3. The lowest BCUT2D eigenvalue weighted by molar-refractivity contribution is 0.0475. The third-order valence-corrected chi connectivity index (χ3v) is 4.37. The summed E-state index contributed by atoms with van der Waals surface area (Å²) < 4.78 is 5.51. The Morgan fingerprint density at radius 1 is 1.38 bits per heavy atom. The van der Waals surface area contributed by atoms with E-state index < -0.39 is 0 Å². The molecule has 0 bridgehead atoms. The van der Waals surface area contributed by atoms with E-state index in [4.69, 9.17) is 10.5 Å². The van der Waals surface area contributed by atoms with Gasteiger partial charge in [0, 0.05) is 24.8 Å². The van der Waals surface area contributed by atoms with Gasteiger partial charge in [-0.2, -0.15) is 0 Å². The van der Waals surface area contributed by atoms with E-state index in [0.717, 1.165) is 12.8 Å². The van der Waals surface area contributed by atoms with Crippen molar-refractivity contribution in [3.63, 3.8) is 0 Å². The molecule has 1 saturated heterocycles. The number of rotatable bonds is 5. The van der Waals surface area contributed by atoms with Gasteiger partial charge in [-0.1, -0.05) is 0 Å². The van der Waals surface area contributed by atoms with Gasteiger partial charge in [-0.15, -0.1) is 0 Å². The first-order valence-corrected chi connectivity index (χ1v) is 8.14. The van der Waals surface area contributed by atoms with E-state index in [1.54, 1.807) is 13.0 Å². The van der Waals surface area contributed by atoms with Gasteiger partial charge in [-0.25, -0.2) is 0 Å². The molecule has 1 unspecified atom stereocenters. The van der Waals surface area contributed by atoms with Crippen LogP contribution in [0.25, 0.3) is 0 Å². The van der Waals surface area contributed by atoms with Crippen molar-refractivity contribution >= 4 is 17.7 Å². The summed E-state index contributed by atoms with van der Waals surface area (Å²) >= 11 is 0. The van der Waals surface area contributed by atoms with E-state index in [-0.39, 0.29) is 42.0 Å². The fraction of sp³-hybridized carbons (Fsp3) is 0.471. The molecule has 128 valence electrons. The number of amides is 3. The largest absolute Gasteiger partial charge is 0.376 e. The molecular weight excluding hydrogens is 310 g/mol. The maximum absolute atomic E-state index is 12.5. The predicted octanol–water partition coefficient (Wildman–Crippen LogP) is 0.539. The normalized spacial score (nSPS) is 21.1. The molecule has 24 heavy (non-hydrogen) atoms. The minimum atomic E-state index is -0.368. The van der Waals surface area contributed by atoms with Crippen LogP contribution in [0.2, 0.25) is 0 Å². The molecule has 2 aliphatic rings. The van der Waals surface area contributed by atoms with Crippen LogP contribution in [-0.4, -0.2) is 54.5 Å². The molecule has 3 amide bonds. The number of nitrogens with one attached hydrogen (secondary N) is 1. The summed E-state index contributed by atoms with van der Waals surface area (Å²) in [5.74, 6) is -1.01. The van der Waals surface area contributed by atoms with E-state index in [1.165, 1.54) is 17.0 Å². The first-order chi connectivity index (χ1) is 11.5. The number of carbonyl (C=O) groups excluding carboxylic acids is 3. The van der Waals surface area contributed by atoms with Crippen molar-refractivity contribution < 1.29 is 19.1 Å². The smallest absolute Gasteiger partial charge is 0.261 e. The van der Waals surface area contributed by atoms with Gasteiger partial charge in [-0.3, -0.25) is 19.3 Å². The SMILES string of the molecule is C[C@@H](CN)NC(=O)c1ccc2c(c1)C(=O)N(CC1CCCO1)C2=O. The highest BCUT2D eigenvalue weighted by Gasteiger charge is 2.37. The third kappa shape index (κ3) is 3.05. The van der Waals surface area contributed by atoms with E-state index in [0.29, 0.717) is 24.3 Å². The molecule has 0 saturated carbocycles. The highest BCUT2D eigenvalue weighted by Crippen LogP contribution is 2.26. The fourth-order valence-electron chi connectivity index (χ4n) is 2.96. The third-order valence-electron chi connectivity index (χ3n) is 4.37. The number of hydrogen-bond donors (Lipinski definition) is 2. The molecule has 2 aliphatic heterocycles. The summed E-state index contributed by atoms with van der Waals surface area (Å²) in [7, 11) is 0. The Hall–Kier alpha value is -2.25. The van der Waals surface area contributed by atoms with Crippen molar-refractivity contribution in [3.05, 3.63) is 34.9 Å². The zero-order valence-electron chi connectivity index (χ0n) is 13.6. The van der Waals surface area contributed by atoms with E-state index in [9.17, 15) is 14.4 Å². The maximum atomic E-state index is 12.5. The number of nitrogens with zero attached hydrogens (tertiary/aromatic N) is 1. The van der Waals surface area contributed by atoms with Gasteiger partial charge < -0.3 is 15.8 Å². The summed E-state index contributed by atoms with van der Waals surface area (Å²) in [6.45, 7) is 3.04. The molecule has 3 N–H and O–H groups in total. The van der Waals surface area contributed by atoms with Gasteiger partial charge in [0.1, 0.15) is 0 Å². The molecule has 0 aliphatic carbocycles. The number of benzene rings is 1. The first kappa shape index (κ1) is 16.6. The molecule has 1 aromatic rings. The van der Waals surface area contributed by atoms with Crippen LogP contribution in [-0.2, 0) is 4.74 Å². The van der Waals surface area contributed by atoms with Crippen LogP contribution >= 0.6 is 0 Å². The Balaban J connectivity index is 1.79. The standard InChI is InChI=1S/C17H21N3O4/c1-10(8-18)19-15(21)11-4-5-13-14(7-11)17(23)20(16(13)22)9-12-3-2-6-24-12/h4-5,7,10,12H,2-3,6,8-9,18H2,1H3,(H,19,21)/t10-,12?/m0/s1. The molecule has 7 heteroatoms. The van der Waals surface area contributed by atoms with Crippen molar-refractivity contribution in [2.75, 3.05) is 19.7 Å². The van der Waals surface area contributed by atoms with Crippen molar-refractivity contribution in [2.24, 2.45) is 5.73 Å². The van der Waals surface area contributed by atoms with E-state index >= 15 is 0 Å².